The summed E-state index contributed by atoms with van der Waals surface area (Å²) in [4.78, 5) is 10.9. The van der Waals surface area contributed by atoms with Gasteiger partial charge in [0.15, 0.2) is 0 Å². The molecule has 1 aliphatic rings. The summed E-state index contributed by atoms with van der Waals surface area (Å²) in [5.41, 5.74) is 0. The summed E-state index contributed by atoms with van der Waals surface area (Å²) in [5, 5.41) is 3.28. The maximum Gasteiger partial charge on any atom is 0.305 e. The van der Waals surface area contributed by atoms with Crippen LogP contribution >= 0.6 is 0 Å². The van der Waals surface area contributed by atoms with Gasteiger partial charge < -0.3 is 14.8 Å². The van der Waals surface area contributed by atoms with Crippen molar-refractivity contribution in [3.8, 4) is 0 Å². The zero-order chi connectivity index (χ0) is 9.52. The largest absolute Gasteiger partial charge is 0.466 e. The Morgan fingerprint density at radius 2 is 2.38 bits per heavy atom. The van der Waals surface area contributed by atoms with Gasteiger partial charge in [-0.15, -0.1) is 0 Å². The Morgan fingerprint density at radius 1 is 1.62 bits per heavy atom. The Hall–Kier alpha value is -0.610. The molecule has 0 aromatic rings. The van der Waals surface area contributed by atoms with Gasteiger partial charge in [0.05, 0.1) is 25.9 Å². The van der Waals surface area contributed by atoms with Crippen LogP contribution in [0.25, 0.3) is 0 Å². The van der Waals surface area contributed by atoms with Crippen molar-refractivity contribution in [2.24, 2.45) is 0 Å². The van der Waals surface area contributed by atoms with Gasteiger partial charge in [-0.05, 0) is 19.9 Å². The molecule has 0 aliphatic carbocycles. The Balaban J connectivity index is 1.85. The number of nitrogens with one attached hydrogen (secondary N) is 1. The fourth-order valence-electron chi connectivity index (χ4n) is 1.13. The van der Waals surface area contributed by atoms with Crippen molar-refractivity contribution in [2.45, 2.75) is 25.8 Å². The van der Waals surface area contributed by atoms with Crippen molar-refractivity contribution in [3.05, 3.63) is 0 Å². The molecule has 0 atom stereocenters. The van der Waals surface area contributed by atoms with Crippen LogP contribution in [0.1, 0.15) is 19.8 Å². The highest BCUT2D eigenvalue weighted by molar-refractivity contribution is 5.69. The Labute approximate surface area is 78.6 Å². The molecule has 1 heterocycles. The second kappa shape index (κ2) is 5.94. The van der Waals surface area contributed by atoms with E-state index in [2.05, 4.69) is 5.32 Å². The molecule has 13 heavy (non-hydrogen) atoms. The number of hydrogen-bond acceptors (Lipinski definition) is 4. The van der Waals surface area contributed by atoms with Crippen molar-refractivity contribution >= 4 is 5.97 Å². The molecule has 1 aliphatic heterocycles. The van der Waals surface area contributed by atoms with Gasteiger partial charge in [0.25, 0.3) is 0 Å². The predicted octanol–water partition coefficient (Wildman–Crippen LogP) is 0.318. The van der Waals surface area contributed by atoms with Gasteiger partial charge in [0, 0.05) is 6.42 Å². The first-order valence-corrected chi connectivity index (χ1v) is 4.79. The summed E-state index contributed by atoms with van der Waals surface area (Å²) in [5.74, 6) is -0.103. The zero-order valence-electron chi connectivity index (χ0n) is 8.04. The smallest absolute Gasteiger partial charge is 0.305 e. The van der Waals surface area contributed by atoms with Crippen molar-refractivity contribution in [1.82, 2.24) is 5.32 Å². The van der Waals surface area contributed by atoms with Crippen LogP contribution in [0.5, 0.6) is 0 Å². The third-order valence-electron chi connectivity index (χ3n) is 1.93. The molecule has 0 spiro atoms. The van der Waals surface area contributed by atoms with E-state index in [0.29, 0.717) is 19.1 Å². The molecule has 0 saturated carbocycles. The summed E-state index contributed by atoms with van der Waals surface area (Å²) in [6.07, 6.45) is 1.35. The van der Waals surface area contributed by atoms with Crippen molar-refractivity contribution in [1.29, 1.82) is 0 Å². The first-order chi connectivity index (χ1) is 6.33. The number of rotatable bonds is 6. The molecule has 0 amide bonds. The lowest BCUT2D eigenvalue weighted by atomic mass is 10.2. The summed E-state index contributed by atoms with van der Waals surface area (Å²) in [7, 11) is 0. The lowest BCUT2D eigenvalue weighted by Gasteiger charge is -2.26. The molecule has 1 fully saturated rings. The van der Waals surface area contributed by atoms with Gasteiger partial charge in [-0.3, -0.25) is 4.79 Å². The minimum absolute atomic E-state index is 0.103. The lowest BCUT2D eigenvalue weighted by Crippen LogP contribution is -2.46. The van der Waals surface area contributed by atoms with E-state index >= 15 is 0 Å². The third kappa shape index (κ3) is 4.24. The zero-order valence-corrected chi connectivity index (χ0v) is 8.04. The molecule has 0 bridgehead atoms. The first kappa shape index (κ1) is 10.5. The Bertz CT molecular complexity index is 157. The third-order valence-corrected chi connectivity index (χ3v) is 1.93. The molecular weight excluding hydrogens is 170 g/mol. The monoisotopic (exact) mass is 187 g/mol. The molecule has 1 rings (SSSR count). The van der Waals surface area contributed by atoms with E-state index in [1.54, 1.807) is 0 Å². The lowest BCUT2D eigenvalue weighted by molar-refractivity contribution is -0.143. The van der Waals surface area contributed by atoms with Gasteiger partial charge in [0.2, 0.25) is 0 Å². The number of carbonyl (C=O) groups is 1. The Kier molecular flexibility index (Phi) is 4.78. The highest BCUT2D eigenvalue weighted by Gasteiger charge is 2.16. The summed E-state index contributed by atoms with van der Waals surface area (Å²) in [6.45, 7) is 4.77. The maximum atomic E-state index is 10.9. The van der Waals surface area contributed by atoms with E-state index in [9.17, 15) is 4.79 Å². The van der Waals surface area contributed by atoms with Crippen molar-refractivity contribution in [3.63, 3.8) is 0 Å². The highest BCUT2D eigenvalue weighted by atomic mass is 16.5. The molecule has 0 aromatic carbocycles. The van der Waals surface area contributed by atoms with E-state index in [4.69, 9.17) is 9.47 Å². The number of carbonyl (C=O) groups excluding carboxylic acids is 1. The average molecular weight is 187 g/mol. The summed E-state index contributed by atoms with van der Waals surface area (Å²) >= 11 is 0. The van der Waals surface area contributed by atoms with Gasteiger partial charge >= 0.3 is 5.97 Å². The average Bonchev–Trinajstić information content (AvgIpc) is 2.01. The van der Waals surface area contributed by atoms with Crippen molar-refractivity contribution in [2.75, 3.05) is 26.4 Å². The number of esters is 1. The van der Waals surface area contributed by atoms with E-state index in [0.717, 1.165) is 26.2 Å². The second-order valence-electron chi connectivity index (χ2n) is 3.10. The van der Waals surface area contributed by atoms with Crippen LogP contribution in [0.4, 0.5) is 0 Å². The molecule has 76 valence electrons. The maximum absolute atomic E-state index is 10.9. The van der Waals surface area contributed by atoms with E-state index in [1.165, 1.54) is 0 Å². The van der Waals surface area contributed by atoms with Crippen molar-refractivity contribution < 1.29 is 14.3 Å². The minimum atomic E-state index is -0.103. The van der Waals surface area contributed by atoms with Gasteiger partial charge in [0.1, 0.15) is 0 Å². The first-order valence-electron chi connectivity index (χ1n) is 4.79. The van der Waals surface area contributed by atoms with Crippen LogP contribution in [0.2, 0.25) is 0 Å². The normalized spacial score (nSPS) is 16.7. The van der Waals surface area contributed by atoms with E-state index in [-0.39, 0.29) is 5.97 Å². The van der Waals surface area contributed by atoms with Crippen LogP contribution in [0, 0.1) is 0 Å². The van der Waals surface area contributed by atoms with Crippen LogP contribution < -0.4 is 5.32 Å². The van der Waals surface area contributed by atoms with Crippen LogP contribution in [-0.2, 0) is 14.3 Å². The standard InChI is InChI=1S/C9H17NO3/c1-2-13-9(11)4-3-5-10-8-6-12-7-8/h8,10H,2-7H2,1H3. The molecule has 1 N–H and O–H groups in total. The van der Waals surface area contributed by atoms with Crippen LogP contribution in [0.15, 0.2) is 0 Å². The van der Waals surface area contributed by atoms with Gasteiger partial charge in [-0.1, -0.05) is 0 Å². The minimum Gasteiger partial charge on any atom is -0.466 e. The molecule has 4 nitrogen and oxygen atoms in total. The summed E-state index contributed by atoms with van der Waals surface area (Å²) in [6, 6.07) is 0.502. The fraction of sp³-hybridized carbons (Fsp3) is 0.889. The predicted molar refractivity (Wildman–Crippen MR) is 48.5 cm³/mol. The van der Waals surface area contributed by atoms with E-state index in [1.807, 2.05) is 6.92 Å². The molecular formula is C9H17NO3. The SMILES string of the molecule is CCOC(=O)CCCNC1COC1. The molecule has 1 saturated heterocycles. The fourth-order valence-corrected chi connectivity index (χ4v) is 1.13. The van der Waals surface area contributed by atoms with E-state index < -0.39 is 0 Å². The molecule has 0 aromatic heterocycles. The van der Waals surface area contributed by atoms with Crippen LogP contribution in [-0.4, -0.2) is 38.4 Å². The molecule has 0 radical (unpaired) electrons. The van der Waals surface area contributed by atoms with Gasteiger partial charge in [-0.2, -0.15) is 0 Å². The molecule has 0 unspecified atom stereocenters. The second-order valence-corrected chi connectivity index (χ2v) is 3.10. The quantitative estimate of drug-likeness (QED) is 0.480. The molecule has 4 heteroatoms. The van der Waals surface area contributed by atoms with Crippen LogP contribution in [0.3, 0.4) is 0 Å². The topological polar surface area (TPSA) is 47.6 Å². The Morgan fingerprint density at radius 3 is 2.92 bits per heavy atom. The number of ether oxygens (including phenoxy) is 2. The highest BCUT2D eigenvalue weighted by Crippen LogP contribution is 2.00. The van der Waals surface area contributed by atoms with Gasteiger partial charge in [-0.25, -0.2) is 0 Å². The number of hydrogen-bond donors (Lipinski definition) is 1. The summed E-state index contributed by atoms with van der Waals surface area (Å²) < 4.78 is 9.80.